The third-order valence-corrected chi connectivity index (χ3v) is 2.02. The van der Waals surface area contributed by atoms with Crippen LogP contribution in [0.2, 0.25) is 0 Å². The number of nitrogens with two attached hydrogens (primary N) is 1. The van der Waals surface area contributed by atoms with Gasteiger partial charge in [-0.1, -0.05) is 0 Å². The van der Waals surface area contributed by atoms with Gasteiger partial charge in [-0.25, -0.2) is 4.39 Å². The van der Waals surface area contributed by atoms with Gasteiger partial charge in [0.1, 0.15) is 5.82 Å². The average Bonchev–Trinajstić information content (AvgIpc) is 2.28. The number of hydrogen-bond donors (Lipinski definition) is 3. The molecule has 0 saturated heterocycles. The minimum atomic E-state index is -0.427. The number of carbonyl (C=O) groups is 2. The SMILES string of the molecule is NC(=O)CCCC(=O)NNc1ccc(F)cc1. The number of benzene rings is 1. The van der Waals surface area contributed by atoms with E-state index in [0.29, 0.717) is 12.1 Å². The largest absolute Gasteiger partial charge is 0.370 e. The summed E-state index contributed by atoms with van der Waals surface area (Å²) in [5, 5.41) is 0. The Morgan fingerprint density at radius 3 is 2.41 bits per heavy atom. The predicted molar refractivity (Wildman–Crippen MR) is 61.2 cm³/mol. The molecule has 2 amide bonds. The minimum absolute atomic E-state index is 0.184. The molecule has 0 aliphatic heterocycles. The number of primary amides is 1. The third-order valence-electron chi connectivity index (χ3n) is 2.02. The molecule has 0 aliphatic carbocycles. The first-order chi connectivity index (χ1) is 8.08. The van der Waals surface area contributed by atoms with E-state index in [1.165, 1.54) is 24.3 Å². The zero-order valence-electron chi connectivity index (χ0n) is 9.20. The Morgan fingerprint density at radius 1 is 1.18 bits per heavy atom. The minimum Gasteiger partial charge on any atom is -0.370 e. The van der Waals surface area contributed by atoms with Gasteiger partial charge in [0.15, 0.2) is 0 Å². The number of halogens is 1. The molecule has 0 fully saturated rings. The van der Waals surface area contributed by atoms with Crippen molar-refractivity contribution < 1.29 is 14.0 Å². The van der Waals surface area contributed by atoms with E-state index in [-0.39, 0.29) is 24.6 Å². The molecule has 0 radical (unpaired) electrons. The zero-order chi connectivity index (χ0) is 12.7. The third kappa shape index (κ3) is 5.50. The van der Waals surface area contributed by atoms with Crippen molar-refractivity contribution in [2.75, 3.05) is 5.43 Å². The highest BCUT2D eigenvalue weighted by Gasteiger charge is 2.02. The molecule has 0 atom stereocenters. The average molecular weight is 239 g/mol. The maximum atomic E-state index is 12.6. The van der Waals surface area contributed by atoms with E-state index in [9.17, 15) is 14.0 Å². The van der Waals surface area contributed by atoms with Crippen LogP contribution in [0.4, 0.5) is 10.1 Å². The standard InChI is InChI=1S/C11H14FN3O2/c12-8-4-6-9(7-5-8)14-15-11(17)3-1-2-10(13)16/h4-7,14H,1-3H2,(H2,13,16)(H,15,17). The summed E-state index contributed by atoms with van der Waals surface area (Å²) in [7, 11) is 0. The van der Waals surface area contributed by atoms with Gasteiger partial charge < -0.3 is 5.73 Å². The number of anilines is 1. The van der Waals surface area contributed by atoms with Crippen LogP contribution >= 0.6 is 0 Å². The van der Waals surface area contributed by atoms with Crippen LogP contribution in [-0.2, 0) is 9.59 Å². The van der Waals surface area contributed by atoms with Gasteiger partial charge in [0.05, 0.1) is 5.69 Å². The van der Waals surface area contributed by atoms with Crippen LogP contribution in [0.1, 0.15) is 19.3 Å². The highest BCUT2D eigenvalue weighted by atomic mass is 19.1. The monoisotopic (exact) mass is 239 g/mol. The molecule has 0 heterocycles. The number of nitrogens with one attached hydrogen (secondary N) is 2. The first-order valence-electron chi connectivity index (χ1n) is 5.16. The van der Waals surface area contributed by atoms with Crippen LogP contribution in [-0.4, -0.2) is 11.8 Å². The summed E-state index contributed by atoms with van der Waals surface area (Å²) in [6.07, 6.45) is 0.799. The molecule has 0 spiro atoms. The fourth-order valence-corrected chi connectivity index (χ4v) is 1.16. The molecule has 92 valence electrons. The fourth-order valence-electron chi connectivity index (χ4n) is 1.16. The summed E-state index contributed by atoms with van der Waals surface area (Å²) in [4.78, 5) is 21.7. The van der Waals surface area contributed by atoms with Gasteiger partial charge in [-0.15, -0.1) is 0 Å². The molecule has 1 aromatic carbocycles. The smallest absolute Gasteiger partial charge is 0.238 e. The Balaban J connectivity index is 2.23. The summed E-state index contributed by atoms with van der Waals surface area (Å²) in [6.45, 7) is 0. The van der Waals surface area contributed by atoms with E-state index in [1.807, 2.05) is 0 Å². The van der Waals surface area contributed by atoms with Crippen molar-refractivity contribution in [3.8, 4) is 0 Å². The molecule has 4 N–H and O–H groups in total. The Morgan fingerprint density at radius 2 is 1.82 bits per heavy atom. The molecular weight excluding hydrogens is 225 g/mol. The highest BCUT2D eigenvalue weighted by molar-refractivity contribution is 5.78. The van der Waals surface area contributed by atoms with Crippen LogP contribution in [0.15, 0.2) is 24.3 Å². The Bertz CT molecular complexity index is 392. The molecule has 0 aromatic heterocycles. The van der Waals surface area contributed by atoms with Crippen molar-refractivity contribution >= 4 is 17.5 Å². The zero-order valence-corrected chi connectivity index (χ0v) is 9.20. The van der Waals surface area contributed by atoms with Gasteiger partial charge in [-0.2, -0.15) is 0 Å². The lowest BCUT2D eigenvalue weighted by Gasteiger charge is -2.07. The summed E-state index contributed by atoms with van der Waals surface area (Å²) in [6, 6.07) is 5.56. The van der Waals surface area contributed by atoms with Crippen LogP contribution in [0.25, 0.3) is 0 Å². The molecule has 0 bridgehead atoms. The molecule has 17 heavy (non-hydrogen) atoms. The molecule has 0 saturated carbocycles. The van der Waals surface area contributed by atoms with E-state index in [4.69, 9.17) is 5.73 Å². The van der Waals surface area contributed by atoms with E-state index in [2.05, 4.69) is 10.9 Å². The van der Waals surface area contributed by atoms with Crippen LogP contribution < -0.4 is 16.6 Å². The van der Waals surface area contributed by atoms with E-state index in [0.717, 1.165) is 0 Å². The first-order valence-corrected chi connectivity index (χ1v) is 5.16. The number of carbonyl (C=O) groups excluding carboxylic acids is 2. The molecule has 5 nitrogen and oxygen atoms in total. The van der Waals surface area contributed by atoms with Crippen molar-refractivity contribution in [2.24, 2.45) is 5.73 Å². The maximum Gasteiger partial charge on any atom is 0.238 e. The summed E-state index contributed by atoms with van der Waals surface area (Å²) >= 11 is 0. The lowest BCUT2D eigenvalue weighted by molar-refractivity contribution is -0.121. The quantitative estimate of drug-likeness (QED) is 0.645. The van der Waals surface area contributed by atoms with Crippen LogP contribution in [0, 0.1) is 5.82 Å². The lowest BCUT2D eigenvalue weighted by atomic mass is 10.2. The molecular formula is C11H14FN3O2. The lowest BCUT2D eigenvalue weighted by Crippen LogP contribution is -2.29. The summed E-state index contributed by atoms with van der Waals surface area (Å²) < 4.78 is 12.6. The first kappa shape index (κ1) is 13.0. The second kappa shape index (κ2) is 6.47. The Labute approximate surface area is 98.2 Å². The van der Waals surface area contributed by atoms with Crippen molar-refractivity contribution in [2.45, 2.75) is 19.3 Å². The predicted octanol–water partition coefficient (Wildman–Crippen LogP) is 0.924. The summed E-state index contributed by atoms with van der Waals surface area (Å²) in [5.41, 5.74) is 10.6. The Hall–Kier alpha value is -2.11. The molecule has 1 aromatic rings. The van der Waals surface area contributed by atoms with E-state index in [1.54, 1.807) is 0 Å². The number of hydrogen-bond acceptors (Lipinski definition) is 3. The van der Waals surface area contributed by atoms with Crippen LogP contribution in [0.3, 0.4) is 0 Å². The second-order valence-corrected chi connectivity index (χ2v) is 3.50. The molecule has 0 aliphatic rings. The fraction of sp³-hybridized carbons (Fsp3) is 0.273. The molecule has 0 unspecified atom stereocenters. The van der Waals surface area contributed by atoms with Crippen molar-refractivity contribution in [3.05, 3.63) is 30.1 Å². The van der Waals surface area contributed by atoms with Crippen molar-refractivity contribution in [1.29, 1.82) is 0 Å². The van der Waals surface area contributed by atoms with Crippen molar-refractivity contribution in [1.82, 2.24) is 5.43 Å². The topological polar surface area (TPSA) is 84.2 Å². The van der Waals surface area contributed by atoms with Gasteiger partial charge in [-0.05, 0) is 30.7 Å². The summed E-state index contributed by atoms with van der Waals surface area (Å²) in [5.74, 6) is -1.02. The molecule has 6 heteroatoms. The Kier molecular flexibility index (Phi) is 4.93. The highest BCUT2D eigenvalue weighted by Crippen LogP contribution is 2.06. The normalized spacial score (nSPS) is 9.71. The maximum absolute atomic E-state index is 12.6. The van der Waals surface area contributed by atoms with Gasteiger partial charge in [-0.3, -0.25) is 20.4 Å². The number of hydrazine groups is 1. The number of amides is 2. The number of rotatable bonds is 6. The van der Waals surface area contributed by atoms with E-state index < -0.39 is 5.91 Å². The van der Waals surface area contributed by atoms with Gasteiger partial charge in [0, 0.05) is 12.8 Å². The van der Waals surface area contributed by atoms with Gasteiger partial charge >= 0.3 is 0 Å². The van der Waals surface area contributed by atoms with Crippen molar-refractivity contribution in [3.63, 3.8) is 0 Å². The van der Waals surface area contributed by atoms with Gasteiger partial charge in [0.2, 0.25) is 11.8 Å². The second-order valence-electron chi connectivity index (χ2n) is 3.50. The van der Waals surface area contributed by atoms with E-state index >= 15 is 0 Å². The van der Waals surface area contributed by atoms with Crippen LogP contribution in [0.5, 0.6) is 0 Å². The molecule has 1 rings (SSSR count). The van der Waals surface area contributed by atoms with Gasteiger partial charge in [0.25, 0.3) is 0 Å².